The quantitative estimate of drug-likeness (QED) is 0.779. The summed E-state index contributed by atoms with van der Waals surface area (Å²) in [5.41, 5.74) is 0.412. The number of hydrogen-bond donors (Lipinski definition) is 1. The minimum absolute atomic E-state index is 0.0228. The van der Waals surface area contributed by atoms with Gasteiger partial charge in [-0.1, -0.05) is 0 Å². The van der Waals surface area contributed by atoms with Gasteiger partial charge in [0.2, 0.25) is 5.91 Å². The molecule has 1 N–H and O–H groups in total. The van der Waals surface area contributed by atoms with E-state index in [1.807, 2.05) is 16.8 Å². The van der Waals surface area contributed by atoms with E-state index in [4.69, 9.17) is 0 Å². The zero-order valence-electron chi connectivity index (χ0n) is 12.7. The molecular weight excluding hydrogens is 339 g/mol. The number of nitrogens with one attached hydrogen (secondary N) is 1. The van der Waals surface area contributed by atoms with Crippen LogP contribution < -0.4 is 5.32 Å². The maximum atomic E-state index is 12.5. The Morgan fingerprint density at radius 2 is 1.75 bits per heavy atom. The van der Waals surface area contributed by atoms with Gasteiger partial charge in [0.05, 0.1) is 5.56 Å². The van der Waals surface area contributed by atoms with Gasteiger partial charge in [0.25, 0.3) is 5.91 Å². The molecule has 128 valence electrons. The third kappa shape index (κ3) is 5.49. The lowest BCUT2D eigenvalue weighted by atomic mass is 10.1. The van der Waals surface area contributed by atoms with E-state index < -0.39 is 23.6 Å². The fourth-order valence-corrected chi connectivity index (χ4v) is 2.82. The predicted molar refractivity (Wildman–Crippen MR) is 85.8 cm³/mol. The molecule has 0 saturated heterocycles. The molecule has 0 aliphatic carbocycles. The van der Waals surface area contributed by atoms with Gasteiger partial charge in [0, 0.05) is 12.0 Å². The van der Waals surface area contributed by atoms with Crippen molar-refractivity contribution in [2.24, 2.45) is 0 Å². The molecule has 0 fully saturated rings. The van der Waals surface area contributed by atoms with E-state index >= 15 is 0 Å². The largest absolute Gasteiger partial charge is 0.416 e. The van der Waals surface area contributed by atoms with Gasteiger partial charge in [-0.05, 0) is 65.9 Å². The number of thiophene rings is 1. The average Bonchev–Trinajstić information content (AvgIpc) is 3.04. The number of hydrogen-bond acceptors (Lipinski definition) is 3. The maximum Gasteiger partial charge on any atom is 0.416 e. The van der Waals surface area contributed by atoms with Gasteiger partial charge in [-0.25, -0.2) is 0 Å². The molecule has 0 atom stereocenters. The number of amides is 2. The fraction of sp³-hybridized carbons (Fsp3) is 0.294. The monoisotopic (exact) mass is 355 g/mol. The topological polar surface area (TPSA) is 46.2 Å². The number of benzene rings is 1. The van der Waals surface area contributed by atoms with Crippen molar-refractivity contribution in [1.29, 1.82) is 0 Å². The van der Waals surface area contributed by atoms with Gasteiger partial charge < -0.3 is 0 Å². The van der Waals surface area contributed by atoms with E-state index in [2.05, 4.69) is 5.32 Å². The van der Waals surface area contributed by atoms with E-state index in [9.17, 15) is 22.8 Å². The van der Waals surface area contributed by atoms with Crippen LogP contribution in [0, 0.1) is 0 Å². The van der Waals surface area contributed by atoms with Gasteiger partial charge >= 0.3 is 6.18 Å². The number of carbonyl (C=O) groups excluding carboxylic acids is 2. The molecular formula is C17H16F3NO2S. The van der Waals surface area contributed by atoms with Crippen LogP contribution >= 0.6 is 11.3 Å². The van der Waals surface area contributed by atoms with Gasteiger partial charge in [-0.2, -0.15) is 24.5 Å². The first-order chi connectivity index (χ1) is 11.4. The second-order valence-corrected chi connectivity index (χ2v) is 6.07. The molecule has 0 radical (unpaired) electrons. The van der Waals surface area contributed by atoms with Crippen LogP contribution in [0.25, 0.3) is 0 Å². The van der Waals surface area contributed by atoms with Gasteiger partial charge in [-0.15, -0.1) is 0 Å². The first-order valence-electron chi connectivity index (χ1n) is 7.39. The Hall–Kier alpha value is -2.15. The highest BCUT2D eigenvalue weighted by atomic mass is 32.1. The highest BCUT2D eigenvalue weighted by Crippen LogP contribution is 2.29. The first kappa shape index (κ1) is 18.2. The van der Waals surface area contributed by atoms with Crippen molar-refractivity contribution in [3.8, 4) is 0 Å². The van der Waals surface area contributed by atoms with E-state index in [0.717, 1.165) is 37.1 Å². The lowest BCUT2D eigenvalue weighted by Gasteiger charge is -2.08. The van der Waals surface area contributed by atoms with Crippen molar-refractivity contribution in [1.82, 2.24) is 5.32 Å². The van der Waals surface area contributed by atoms with E-state index in [1.54, 1.807) is 11.3 Å². The number of halogens is 3. The molecule has 1 aromatic heterocycles. The SMILES string of the molecule is O=C(CCCCc1ccsc1)NC(=O)c1ccc(C(F)(F)F)cc1. The van der Waals surface area contributed by atoms with Crippen molar-refractivity contribution in [2.75, 3.05) is 0 Å². The van der Waals surface area contributed by atoms with Crippen LogP contribution in [0.5, 0.6) is 0 Å². The van der Waals surface area contributed by atoms with Gasteiger partial charge in [0.15, 0.2) is 0 Å². The summed E-state index contributed by atoms with van der Waals surface area (Å²) in [4.78, 5) is 23.5. The molecule has 2 amide bonds. The van der Waals surface area contributed by atoms with Crippen LogP contribution in [0.1, 0.15) is 40.7 Å². The summed E-state index contributed by atoms with van der Waals surface area (Å²) >= 11 is 1.62. The minimum Gasteiger partial charge on any atom is -0.292 e. The zero-order chi connectivity index (χ0) is 17.6. The third-order valence-electron chi connectivity index (χ3n) is 3.43. The van der Waals surface area contributed by atoms with Crippen LogP contribution in [0.2, 0.25) is 0 Å². The zero-order valence-corrected chi connectivity index (χ0v) is 13.5. The van der Waals surface area contributed by atoms with Gasteiger partial charge in [-0.3, -0.25) is 14.9 Å². The van der Waals surface area contributed by atoms with Crippen LogP contribution in [-0.2, 0) is 17.4 Å². The molecule has 0 spiro atoms. The van der Waals surface area contributed by atoms with Crippen molar-refractivity contribution in [2.45, 2.75) is 31.9 Å². The van der Waals surface area contributed by atoms with E-state index in [-0.39, 0.29) is 12.0 Å². The smallest absolute Gasteiger partial charge is 0.292 e. The van der Waals surface area contributed by atoms with Crippen LogP contribution in [-0.4, -0.2) is 11.8 Å². The van der Waals surface area contributed by atoms with Crippen LogP contribution in [0.3, 0.4) is 0 Å². The summed E-state index contributed by atoms with van der Waals surface area (Å²) in [5, 5.41) is 6.23. The Morgan fingerprint density at radius 3 is 2.33 bits per heavy atom. The second-order valence-electron chi connectivity index (χ2n) is 5.29. The first-order valence-corrected chi connectivity index (χ1v) is 8.33. The molecule has 0 unspecified atom stereocenters. The lowest BCUT2D eigenvalue weighted by molar-refractivity contribution is -0.137. The van der Waals surface area contributed by atoms with E-state index in [1.165, 1.54) is 5.56 Å². The number of unbranched alkanes of at least 4 members (excludes halogenated alkanes) is 1. The standard InChI is InChI=1S/C17H16F3NO2S/c18-17(19,20)14-7-5-13(6-8-14)16(23)21-15(22)4-2-1-3-12-9-10-24-11-12/h5-11H,1-4H2,(H,21,22,23). The molecule has 2 aromatic rings. The summed E-state index contributed by atoms with van der Waals surface area (Å²) in [7, 11) is 0. The van der Waals surface area contributed by atoms with Crippen LogP contribution in [0.15, 0.2) is 41.1 Å². The summed E-state index contributed by atoms with van der Waals surface area (Å²) in [5.74, 6) is -1.11. The Bertz CT molecular complexity index is 679. The lowest BCUT2D eigenvalue weighted by Crippen LogP contribution is -2.30. The Labute approximate surface area is 141 Å². The molecule has 7 heteroatoms. The van der Waals surface area contributed by atoms with Crippen molar-refractivity contribution < 1.29 is 22.8 Å². The van der Waals surface area contributed by atoms with E-state index in [0.29, 0.717) is 6.42 Å². The molecule has 2 rings (SSSR count). The van der Waals surface area contributed by atoms with Crippen molar-refractivity contribution in [3.63, 3.8) is 0 Å². The summed E-state index contributed by atoms with van der Waals surface area (Å²) in [6.45, 7) is 0. The Morgan fingerprint density at radius 1 is 1.04 bits per heavy atom. The number of aryl methyl sites for hydroxylation is 1. The molecule has 0 bridgehead atoms. The summed E-state index contributed by atoms with van der Waals surface area (Å²) in [6.07, 6.45) is -1.89. The minimum atomic E-state index is -4.45. The summed E-state index contributed by atoms with van der Waals surface area (Å²) < 4.78 is 37.4. The number of imide groups is 1. The number of alkyl halides is 3. The maximum absolute atomic E-state index is 12.5. The second kappa shape index (κ2) is 8.10. The summed E-state index contributed by atoms with van der Waals surface area (Å²) in [6, 6.07) is 5.78. The predicted octanol–water partition coefficient (Wildman–Crippen LogP) is 4.44. The Balaban J connectivity index is 1.75. The molecule has 0 saturated carbocycles. The number of carbonyl (C=O) groups is 2. The Kier molecular flexibility index (Phi) is 6.14. The molecule has 1 heterocycles. The average molecular weight is 355 g/mol. The highest BCUT2D eigenvalue weighted by molar-refractivity contribution is 7.07. The highest BCUT2D eigenvalue weighted by Gasteiger charge is 2.30. The third-order valence-corrected chi connectivity index (χ3v) is 4.16. The molecule has 24 heavy (non-hydrogen) atoms. The van der Waals surface area contributed by atoms with Crippen LogP contribution in [0.4, 0.5) is 13.2 Å². The van der Waals surface area contributed by atoms with Crippen molar-refractivity contribution in [3.05, 3.63) is 57.8 Å². The molecule has 0 aliphatic rings. The normalized spacial score (nSPS) is 11.3. The van der Waals surface area contributed by atoms with Gasteiger partial charge in [0.1, 0.15) is 0 Å². The molecule has 1 aromatic carbocycles. The molecule has 3 nitrogen and oxygen atoms in total. The number of rotatable bonds is 6. The molecule has 0 aliphatic heterocycles. The fourth-order valence-electron chi connectivity index (χ4n) is 2.12. The van der Waals surface area contributed by atoms with Crippen molar-refractivity contribution >= 4 is 23.2 Å².